The van der Waals surface area contributed by atoms with E-state index in [2.05, 4.69) is 38.1 Å². The van der Waals surface area contributed by atoms with Gasteiger partial charge in [0.25, 0.3) is 5.91 Å². The Kier molecular flexibility index (Phi) is 4.16. The summed E-state index contributed by atoms with van der Waals surface area (Å²) in [6.07, 6.45) is 2.03. The Labute approximate surface area is 137 Å². The Balaban J connectivity index is 1.88. The minimum Gasteiger partial charge on any atom is -0.332 e. The van der Waals surface area contributed by atoms with E-state index in [9.17, 15) is 4.79 Å². The summed E-state index contributed by atoms with van der Waals surface area (Å²) >= 11 is 0. The maximum absolute atomic E-state index is 12.8. The van der Waals surface area contributed by atoms with Gasteiger partial charge >= 0.3 is 0 Å². The van der Waals surface area contributed by atoms with Gasteiger partial charge in [-0.15, -0.1) is 0 Å². The van der Waals surface area contributed by atoms with Crippen LogP contribution in [-0.4, -0.2) is 17.4 Å². The van der Waals surface area contributed by atoms with Gasteiger partial charge in [0, 0.05) is 12.1 Å². The van der Waals surface area contributed by atoms with Gasteiger partial charge in [-0.1, -0.05) is 29.3 Å². The minimum absolute atomic E-state index is 0.0520. The molecule has 1 aliphatic rings. The quantitative estimate of drug-likeness (QED) is 0.836. The molecule has 1 amide bonds. The van der Waals surface area contributed by atoms with Crippen molar-refractivity contribution in [3.63, 3.8) is 0 Å². The molecular weight excluding hydrogens is 284 g/mol. The molecule has 2 aromatic rings. The molecule has 1 atom stereocenters. The van der Waals surface area contributed by atoms with Gasteiger partial charge in [0.05, 0.1) is 17.7 Å². The van der Waals surface area contributed by atoms with Crippen molar-refractivity contribution >= 4 is 5.91 Å². The van der Waals surface area contributed by atoms with E-state index < -0.39 is 0 Å². The topological polar surface area (TPSA) is 44.1 Å². The lowest BCUT2D eigenvalue weighted by atomic mass is 9.99. The first-order valence-corrected chi connectivity index (χ1v) is 7.98. The van der Waals surface area contributed by atoms with Crippen molar-refractivity contribution in [3.8, 4) is 6.07 Å². The fourth-order valence-electron chi connectivity index (χ4n) is 3.41. The molecule has 0 radical (unpaired) electrons. The normalized spacial score (nSPS) is 17.1. The third-order valence-corrected chi connectivity index (χ3v) is 4.40. The second kappa shape index (κ2) is 6.26. The Morgan fingerprint density at radius 1 is 1.13 bits per heavy atom. The molecule has 0 N–H and O–H groups in total. The van der Waals surface area contributed by atoms with Gasteiger partial charge in [-0.2, -0.15) is 5.26 Å². The predicted molar refractivity (Wildman–Crippen MR) is 90.1 cm³/mol. The lowest BCUT2D eigenvalue weighted by molar-refractivity contribution is 0.0735. The zero-order valence-electron chi connectivity index (χ0n) is 13.5. The number of rotatable bonds is 2. The fourth-order valence-corrected chi connectivity index (χ4v) is 3.41. The summed E-state index contributed by atoms with van der Waals surface area (Å²) in [7, 11) is 0. The molecule has 23 heavy (non-hydrogen) atoms. The summed E-state index contributed by atoms with van der Waals surface area (Å²) in [5.41, 5.74) is 4.92. The van der Waals surface area contributed by atoms with Crippen LogP contribution in [0, 0.1) is 25.2 Å². The molecule has 116 valence electrons. The van der Waals surface area contributed by atoms with Crippen molar-refractivity contribution in [3.05, 3.63) is 70.3 Å². The smallest absolute Gasteiger partial charge is 0.254 e. The van der Waals surface area contributed by atoms with Crippen molar-refractivity contribution in [1.82, 2.24) is 4.90 Å². The molecule has 0 bridgehead atoms. The summed E-state index contributed by atoms with van der Waals surface area (Å²) in [6, 6.07) is 15.7. The molecule has 1 saturated heterocycles. The molecule has 3 rings (SSSR count). The van der Waals surface area contributed by atoms with Gasteiger partial charge in [0.15, 0.2) is 0 Å². The number of hydrogen-bond donors (Lipinski definition) is 0. The fraction of sp³-hybridized carbons (Fsp3) is 0.300. The van der Waals surface area contributed by atoms with E-state index in [0.717, 1.165) is 19.4 Å². The first-order chi connectivity index (χ1) is 11.1. The second-order valence-electron chi connectivity index (χ2n) is 6.27. The van der Waals surface area contributed by atoms with Gasteiger partial charge in [0.2, 0.25) is 0 Å². The van der Waals surface area contributed by atoms with Gasteiger partial charge in [-0.25, -0.2) is 0 Å². The number of amides is 1. The van der Waals surface area contributed by atoms with Crippen LogP contribution in [0.2, 0.25) is 0 Å². The summed E-state index contributed by atoms with van der Waals surface area (Å²) < 4.78 is 0. The number of carbonyl (C=O) groups excluding carboxylic acids is 1. The van der Waals surface area contributed by atoms with E-state index in [4.69, 9.17) is 5.26 Å². The van der Waals surface area contributed by atoms with Crippen LogP contribution in [0.4, 0.5) is 0 Å². The number of likely N-dealkylation sites (tertiary alicyclic amines) is 1. The highest BCUT2D eigenvalue weighted by Crippen LogP contribution is 2.34. The van der Waals surface area contributed by atoms with Crippen molar-refractivity contribution in [1.29, 1.82) is 5.26 Å². The van der Waals surface area contributed by atoms with Crippen LogP contribution >= 0.6 is 0 Å². The van der Waals surface area contributed by atoms with Gasteiger partial charge < -0.3 is 4.90 Å². The standard InChI is InChI=1S/C20H20N2O/c1-14-10-15(2)12-18(11-14)19-4-3-9-22(19)20(23)17-7-5-16(13-21)6-8-17/h5-8,10-12,19H,3-4,9H2,1-2H3. The number of benzene rings is 2. The largest absolute Gasteiger partial charge is 0.332 e. The summed E-state index contributed by atoms with van der Waals surface area (Å²) in [5, 5.41) is 8.88. The number of nitriles is 1. The molecule has 1 aliphatic heterocycles. The summed E-state index contributed by atoms with van der Waals surface area (Å²) in [5.74, 6) is 0.0520. The maximum atomic E-state index is 12.8. The average Bonchev–Trinajstić information content (AvgIpc) is 3.03. The highest BCUT2D eigenvalue weighted by molar-refractivity contribution is 5.94. The molecule has 0 aliphatic carbocycles. The molecule has 1 fully saturated rings. The molecule has 2 aromatic carbocycles. The van der Waals surface area contributed by atoms with Gasteiger partial charge in [-0.05, 0) is 56.5 Å². The van der Waals surface area contributed by atoms with Crippen LogP contribution in [0.25, 0.3) is 0 Å². The zero-order valence-corrected chi connectivity index (χ0v) is 13.5. The van der Waals surface area contributed by atoms with E-state index in [0.29, 0.717) is 11.1 Å². The second-order valence-corrected chi connectivity index (χ2v) is 6.27. The third kappa shape index (κ3) is 3.12. The van der Waals surface area contributed by atoms with Crippen LogP contribution in [0.15, 0.2) is 42.5 Å². The van der Waals surface area contributed by atoms with Crippen LogP contribution in [-0.2, 0) is 0 Å². The first kappa shape index (κ1) is 15.3. The molecule has 3 nitrogen and oxygen atoms in total. The Morgan fingerprint density at radius 2 is 1.78 bits per heavy atom. The number of nitrogens with zero attached hydrogens (tertiary/aromatic N) is 2. The van der Waals surface area contributed by atoms with Gasteiger partial charge in [-0.3, -0.25) is 4.79 Å². The molecule has 0 saturated carbocycles. The van der Waals surface area contributed by atoms with Crippen LogP contribution in [0.1, 0.15) is 51.5 Å². The maximum Gasteiger partial charge on any atom is 0.254 e. The zero-order chi connectivity index (χ0) is 16.4. The monoisotopic (exact) mass is 304 g/mol. The van der Waals surface area contributed by atoms with E-state index in [1.54, 1.807) is 24.3 Å². The number of aryl methyl sites for hydroxylation is 2. The lowest BCUT2D eigenvalue weighted by Gasteiger charge is -2.26. The highest BCUT2D eigenvalue weighted by atomic mass is 16.2. The Bertz CT molecular complexity index is 751. The van der Waals surface area contributed by atoms with Crippen molar-refractivity contribution < 1.29 is 4.79 Å². The lowest BCUT2D eigenvalue weighted by Crippen LogP contribution is -2.30. The van der Waals surface area contributed by atoms with E-state index >= 15 is 0 Å². The Hall–Kier alpha value is -2.60. The molecule has 1 heterocycles. The van der Waals surface area contributed by atoms with Crippen LogP contribution < -0.4 is 0 Å². The predicted octanol–water partition coefficient (Wildman–Crippen LogP) is 4.15. The number of carbonyl (C=O) groups is 1. The summed E-state index contributed by atoms with van der Waals surface area (Å²) in [6.45, 7) is 4.98. The van der Waals surface area contributed by atoms with Crippen LogP contribution in [0.3, 0.4) is 0 Å². The van der Waals surface area contributed by atoms with E-state index in [1.165, 1.54) is 16.7 Å². The molecular formula is C20H20N2O. The van der Waals surface area contributed by atoms with Crippen molar-refractivity contribution in [2.75, 3.05) is 6.54 Å². The van der Waals surface area contributed by atoms with Crippen LogP contribution in [0.5, 0.6) is 0 Å². The summed E-state index contributed by atoms with van der Waals surface area (Å²) in [4.78, 5) is 14.8. The average molecular weight is 304 g/mol. The molecule has 3 heteroatoms. The Morgan fingerprint density at radius 3 is 2.39 bits per heavy atom. The minimum atomic E-state index is 0.0520. The highest BCUT2D eigenvalue weighted by Gasteiger charge is 2.30. The van der Waals surface area contributed by atoms with Crippen molar-refractivity contribution in [2.24, 2.45) is 0 Å². The molecule has 1 unspecified atom stereocenters. The van der Waals surface area contributed by atoms with Crippen molar-refractivity contribution in [2.45, 2.75) is 32.7 Å². The van der Waals surface area contributed by atoms with E-state index in [1.807, 2.05) is 4.90 Å². The first-order valence-electron chi connectivity index (χ1n) is 7.98. The van der Waals surface area contributed by atoms with Gasteiger partial charge in [0.1, 0.15) is 0 Å². The molecule has 0 aromatic heterocycles. The van der Waals surface area contributed by atoms with E-state index in [-0.39, 0.29) is 11.9 Å². The SMILES string of the molecule is Cc1cc(C)cc(C2CCCN2C(=O)c2ccc(C#N)cc2)c1. The molecule has 0 spiro atoms. The number of hydrogen-bond acceptors (Lipinski definition) is 2. The third-order valence-electron chi connectivity index (χ3n) is 4.40.